The van der Waals surface area contributed by atoms with Crippen molar-refractivity contribution in [3.05, 3.63) is 34.8 Å². The molecule has 0 aliphatic heterocycles. The predicted molar refractivity (Wildman–Crippen MR) is 74.9 cm³/mol. The van der Waals surface area contributed by atoms with Gasteiger partial charge in [0, 0.05) is 11.1 Å². The van der Waals surface area contributed by atoms with Crippen LogP contribution in [0.25, 0.3) is 0 Å². The summed E-state index contributed by atoms with van der Waals surface area (Å²) < 4.78 is 22.5. The number of thiazole rings is 1. The van der Waals surface area contributed by atoms with E-state index < -0.39 is 16.0 Å². The Morgan fingerprint density at radius 1 is 1.45 bits per heavy atom. The Morgan fingerprint density at radius 3 is 2.65 bits per heavy atom. The summed E-state index contributed by atoms with van der Waals surface area (Å²) in [5.74, 6) is -1.26. The third kappa shape index (κ3) is 3.13. The lowest BCUT2D eigenvalue weighted by Crippen LogP contribution is -2.13. The van der Waals surface area contributed by atoms with Crippen molar-refractivity contribution in [2.24, 2.45) is 5.14 Å². The maximum absolute atomic E-state index is 11.2. The molecule has 0 fully saturated rings. The van der Waals surface area contributed by atoms with Crippen LogP contribution in [0.5, 0.6) is 0 Å². The third-order valence-corrected chi connectivity index (χ3v) is 4.15. The van der Waals surface area contributed by atoms with Crippen molar-refractivity contribution in [2.45, 2.75) is 11.8 Å². The number of rotatable bonds is 4. The smallest absolute Gasteiger partial charge is 0.337 e. The van der Waals surface area contributed by atoms with E-state index in [0.717, 1.165) is 10.9 Å². The van der Waals surface area contributed by atoms with Gasteiger partial charge in [0.2, 0.25) is 10.0 Å². The molecule has 0 saturated carbocycles. The van der Waals surface area contributed by atoms with Crippen LogP contribution in [-0.2, 0) is 10.0 Å². The van der Waals surface area contributed by atoms with Crippen molar-refractivity contribution in [2.75, 3.05) is 5.32 Å². The lowest BCUT2D eigenvalue weighted by atomic mass is 10.2. The average molecular weight is 313 g/mol. The van der Waals surface area contributed by atoms with E-state index in [9.17, 15) is 13.2 Å². The van der Waals surface area contributed by atoms with E-state index in [1.807, 2.05) is 6.92 Å². The molecule has 1 heterocycles. The van der Waals surface area contributed by atoms with E-state index >= 15 is 0 Å². The summed E-state index contributed by atoms with van der Waals surface area (Å²) in [6, 6.07) is 3.60. The van der Waals surface area contributed by atoms with E-state index in [1.54, 1.807) is 6.20 Å². The monoisotopic (exact) mass is 313 g/mol. The molecule has 20 heavy (non-hydrogen) atoms. The topological polar surface area (TPSA) is 122 Å². The number of aryl methyl sites for hydroxylation is 1. The maximum Gasteiger partial charge on any atom is 0.337 e. The summed E-state index contributed by atoms with van der Waals surface area (Å²) in [4.78, 5) is 16.0. The fourth-order valence-electron chi connectivity index (χ4n) is 1.51. The van der Waals surface area contributed by atoms with Crippen LogP contribution in [0, 0.1) is 6.92 Å². The minimum atomic E-state index is -3.95. The number of carboxylic acids is 1. The van der Waals surface area contributed by atoms with Crippen molar-refractivity contribution < 1.29 is 18.3 Å². The number of anilines is 2. The van der Waals surface area contributed by atoms with Gasteiger partial charge in [0.05, 0.1) is 16.1 Å². The SMILES string of the molecule is Cc1cnc(Nc2ccc(S(N)(=O)=O)cc2C(=O)O)s1. The predicted octanol–water partition coefficient (Wildman–Crippen LogP) is 1.54. The zero-order valence-electron chi connectivity index (χ0n) is 10.3. The number of sulfonamides is 1. The van der Waals surface area contributed by atoms with Crippen LogP contribution in [-0.4, -0.2) is 24.5 Å². The van der Waals surface area contributed by atoms with Crippen LogP contribution < -0.4 is 10.5 Å². The number of nitrogens with zero attached hydrogens (tertiary/aromatic N) is 1. The van der Waals surface area contributed by atoms with Crippen LogP contribution in [0.15, 0.2) is 29.3 Å². The van der Waals surface area contributed by atoms with Gasteiger partial charge in [-0.2, -0.15) is 0 Å². The van der Waals surface area contributed by atoms with Crippen molar-refractivity contribution in [3.8, 4) is 0 Å². The molecule has 0 spiro atoms. The van der Waals surface area contributed by atoms with E-state index in [2.05, 4.69) is 10.3 Å². The van der Waals surface area contributed by atoms with Gasteiger partial charge in [0.1, 0.15) is 0 Å². The second-order valence-electron chi connectivity index (χ2n) is 3.96. The van der Waals surface area contributed by atoms with Gasteiger partial charge in [-0.25, -0.2) is 23.3 Å². The number of hydrogen-bond donors (Lipinski definition) is 3. The van der Waals surface area contributed by atoms with Crippen molar-refractivity contribution in [1.82, 2.24) is 4.98 Å². The van der Waals surface area contributed by atoms with Crippen molar-refractivity contribution >= 4 is 38.1 Å². The summed E-state index contributed by atoms with van der Waals surface area (Å²) in [5, 5.41) is 17.5. The number of hydrogen-bond acceptors (Lipinski definition) is 6. The Balaban J connectivity index is 2.45. The first-order chi connectivity index (χ1) is 9.27. The van der Waals surface area contributed by atoms with Gasteiger partial charge in [-0.3, -0.25) is 0 Å². The van der Waals surface area contributed by atoms with E-state index in [4.69, 9.17) is 10.2 Å². The summed E-state index contributed by atoms with van der Waals surface area (Å²) in [5.41, 5.74) is 0.0589. The lowest BCUT2D eigenvalue weighted by Gasteiger charge is -2.08. The first-order valence-electron chi connectivity index (χ1n) is 5.37. The number of nitrogens with two attached hydrogens (primary N) is 1. The normalized spacial score (nSPS) is 11.3. The highest BCUT2D eigenvalue weighted by Gasteiger charge is 2.16. The second kappa shape index (κ2) is 5.19. The molecular weight excluding hydrogens is 302 g/mol. The van der Waals surface area contributed by atoms with Gasteiger partial charge in [-0.1, -0.05) is 0 Å². The molecule has 1 aromatic heterocycles. The fraction of sp³-hybridized carbons (Fsp3) is 0.0909. The minimum Gasteiger partial charge on any atom is -0.478 e. The van der Waals surface area contributed by atoms with Crippen molar-refractivity contribution in [1.29, 1.82) is 0 Å². The highest BCUT2D eigenvalue weighted by molar-refractivity contribution is 7.89. The third-order valence-electron chi connectivity index (χ3n) is 2.41. The molecule has 0 aliphatic carbocycles. The van der Waals surface area contributed by atoms with Crippen LogP contribution in [0.4, 0.5) is 10.8 Å². The Kier molecular flexibility index (Phi) is 3.75. The molecular formula is C11H11N3O4S2. The van der Waals surface area contributed by atoms with Crippen LogP contribution in [0.3, 0.4) is 0 Å². The molecule has 0 radical (unpaired) electrons. The Labute approximate surface area is 119 Å². The summed E-state index contributed by atoms with van der Waals surface area (Å²) in [6.45, 7) is 1.87. The molecule has 9 heteroatoms. The molecule has 0 bridgehead atoms. The summed E-state index contributed by atoms with van der Waals surface area (Å²) in [7, 11) is -3.95. The first kappa shape index (κ1) is 14.4. The summed E-state index contributed by atoms with van der Waals surface area (Å²) in [6.07, 6.45) is 1.64. The van der Waals surface area contributed by atoms with Gasteiger partial charge in [0.15, 0.2) is 5.13 Å². The van der Waals surface area contributed by atoms with Gasteiger partial charge in [0.25, 0.3) is 0 Å². The molecule has 2 rings (SSSR count). The highest BCUT2D eigenvalue weighted by atomic mass is 32.2. The van der Waals surface area contributed by atoms with Gasteiger partial charge >= 0.3 is 5.97 Å². The molecule has 7 nitrogen and oxygen atoms in total. The van der Waals surface area contributed by atoms with E-state index in [1.165, 1.54) is 23.5 Å². The molecule has 0 aliphatic rings. The summed E-state index contributed by atoms with van der Waals surface area (Å²) >= 11 is 1.35. The minimum absolute atomic E-state index is 0.190. The lowest BCUT2D eigenvalue weighted by molar-refractivity contribution is 0.0697. The Morgan fingerprint density at radius 2 is 2.15 bits per heavy atom. The van der Waals surface area contributed by atoms with E-state index in [-0.39, 0.29) is 16.1 Å². The average Bonchev–Trinajstić information content (AvgIpc) is 2.73. The second-order valence-corrected chi connectivity index (χ2v) is 6.75. The zero-order chi connectivity index (χ0) is 14.9. The molecule has 0 unspecified atom stereocenters. The quantitative estimate of drug-likeness (QED) is 0.787. The maximum atomic E-state index is 11.2. The standard InChI is InChI=1S/C11H11N3O4S2/c1-6-5-13-11(19-6)14-9-3-2-7(20(12,17)18)4-8(9)10(15)16/h2-5H,1H3,(H,13,14)(H,15,16)(H2,12,17,18). The highest BCUT2D eigenvalue weighted by Crippen LogP contribution is 2.26. The Bertz CT molecular complexity index is 768. The van der Waals surface area contributed by atoms with E-state index in [0.29, 0.717) is 5.13 Å². The van der Waals surface area contributed by atoms with Gasteiger partial charge in [-0.15, -0.1) is 11.3 Å². The number of carbonyl (C=O) groups is 1. The van der Waals surface area contributed by atoms with Gasteiger partial charge in [-0.05, 0) is 25.1 Å². The molecule has 0 atom stereocenters. The number of primary sulfonamides is 1. The molecule has 2 aromatic rings. The van der Waals surface area contributed by atoms with Crippen molar-refractivity contribution in [3.63, 3.8) is 0 Å². The Hall–Kier alpha value is -1.97. The fourth-order valence-corrected chi connectivity index (χ4v) is 2.73. The first-order valence-corrected chi connectivity index (χ1v) is 7.73. The number of benzene rings is 1. The van der Waals surface area contributed by atoms with Crippen LogP contribution in [0.1, 0.15) is 15.2 Å². The number of aromatic carboxylic acids is 1. The van der Waals surface area contributed by atoms with Crippen LogP contribution in [0.2, 0.25) is 0 Å². The number of nitrogens with one attached hydrogen (secondary N) is 1. The number of carboxylic acid groups (broad SMARTS) is 1. The molecule has 0 amide bonds. The molecule has 106 valence electrons. The largest absolute Gasteiger partial charge is 0.478 e. The van der Waals surface area contributed by atoms with Crippen LogP contribution >= 0.6 is 11.3 Å². The molecule has 1 aromatic carbocycles. The van der Waals surface area contributed by atoms with Gasteiger partial charge < -0.3 is 10.4 Å². The zero-order valence-corrected chi connectivity index (χ0v) is 12.0. The number of aromatic nitrogens is 1. The molecule has 4 N–H and O–H groups in total. The molecule has 0 saturated heterocycles.